The van der Waals surface area contributed by atoms with E-state index in [1.54, 1.807) is 0 Å². The third kappa shape index (κ3) is 3.51. The van der Waals surface area contributed by atoms with Crippen LogP contribution in [-0.4, -0.2) is 23.5 Å². The van der Waals surface area contributed by atoms with E-state index in [2.05, 4.69) is 0 Å². The van der Waals surface area contributed by atoms with E-state index >= 15 is 0 Å². The summed E-state index contributed by atoms with van der Waals surface area (Å²) in [5.74, 6) is 0. The van der Waals surface area contributed by atoms with Gasteiger partial charge in [0.15, 0.2) is 0 Å². The van der Waals surface area contributed by atoms with Crippen LogP contribution in [0.2, 0.25) is 12.0 Å². The maximum atomic E-state index is 6.21. The second kappa shape index (κ2) is 4.54. The lowest BCUT2D eigenvalue weighted by Gasteiger charge is -2.34. The van der Waals surface area contributed by atoms with E-state index in [0.717, 1.165) is 0 Å². The summed E-state index contributed by atoms with van der Waals surface area (Å²) in [7, 11) is -0.0433. The van der Waals surface area contributed by atoms with Crippen molar-refractivity contribution in [1.29, 1.82) is 0 Å². The van der Waals surface area contributed by atoms with Gasteiger partial charge in [0.25, 0.3) is 0 Å². The van der Waals surface area contributed by atoms with Crippen LogP contribution in [0.4, 0.5) is 0 Å². The average molecular weight is 286 g/mol. The van der Waals surface area contributed by atoms with E-state index in [-0.39, 0.29) is 16.2 Å². The van der Waals surface area contributed by atoms with Crippen molar-refractivity contribution < 1.29 is 0 Å². The van der Waals surface area contributed by atoms with Gasteiger partial charge in [0.05, 0.1) is 12.5 Å². The van der Waals surface area contributed by atoms with Gasteiger partial charge in [0, 0.05) is 0 Å². The summed E-state index contributed by atoms with van der Waals surface area (Å²) in [6, 6.07) is 0. The molecule has 7 heteroatoms. The largest absolute Gasteiger partial charge is 0.388 e. The Morgan fingerprint density at radius 3 is 1.67 bits per heavy atom. The van der Waals surface area contributed by atoms with Gasteiger partial charge in [-0.15, -0.1) is 22.2 Å². The molecule has 0 saturated heterocycles. The van der Waals surface area contributed by atoms with Crippen LogP contribution in [0.3, 0.4) is 0 Å². The van der Waals surface area contributed by atoms with Gasteiger partial charge >= 0.3 is 4.26 Å². The Bertz CT molecular complexity index is 158. The quantitative estimate of drug-likeness (QED) is 0.421. The summed E-state index contributed by atoms with van der Waals surface area (Å²) in [6.45, 7) is 1.56. The number of hydrogen-bond donors (Lipinski definition) is 0. The van der Waals surface area contributed by atoms with Crippen LogP contribution in [0.25, 0.3) is 0 Å². The Balaban J connectivity index is 4.57. The maximum absolute atomic E-state index is 6.21. The molecule has 1 unspecified atom stereocenters. The molecule has 0 heterocycles. The second-order valence-corrected chi connectivity index (χ2v) is 16.0. The zero-order chi connectivity index (χ0) is 10.2. The molecule has 0 nitrogen and oxygen atoms in total. The molecule has 0 aliphatic carbocycles. The van der Waals surface area contributed by atoms with Gasteiger partial charge in [-0.25, -0.2) is 0 Å². The van der Waals surface area contributed by atoms with Crippen molar-refractivity contribution in [2.75, 3.05) is 12.5 Å². The molecule has 0 aliphatic heterocycles. The van der Waals surface area contributed by atoms with Gasteiger partial charge in [-0.1, -0.05) is 12.4 Å². The van der Waals surface area contributed by atoms with Gasteiger partial charge in [-0.2, -0.15) is 10.7 Å². The van der Waals surface area contributed by atoms with Crippen LogP contribution >= 0.6 is 45.1 Å². The van der Waals surface area contributed by atoms with Crippen molar-refractivity contribution in [3.63, 3.8) is 0 Å². The van der Waals surface area contributed by atoms with Crippen LogP contribution in [0.5, 0.6) is 0 Å². The maximum Gasteiger partial charge on any atom is 0.388 e. The zero-order valence-electron chi connectivity index (χ0n) is 7.57. The fraction of sp³-hybridized carbons (Fsp3) is 1.00. The molecular weight excluding hydrogens is 273 g/mol. The highest BCUT2D eigenvalue weighted by Crippen LogP contribution is 2.43. The van der Waals surface area contributed by atoms with E-state index in [4.69, 9.17) is 45.1 Å². The minimum absolute atomic E-state index is 0.0301. The van der Waals surface area contributed by atoms with E-state index in [1.165, 1.54) is 0 Å². The highest BCUT2D eigenvalue weighted by molar-refractivity contribution is 8.35. The molecule has 0 N–H and O–H groups in total. The summed E-state index contributed by atoms with van der Waals surface area (Å²) in [5.41, 5.74) is 0.0301. The van der Waals surface area contributed by atoms with E-state index < -0.39 is 10.9 Å². The summed E-state index contributed by atoms with van der Waals surface area (Å²) in [4.78, 5) is 0. The highest BCUT2D eigenvalue weighted by Gasteiger charge is 2.48. The Hall–Kier alpha value is 1.79. The fourth-order valence-electron chi connectivity index (χ4n) is 0.749. The van der Waals surface area contributed by atoms with Gasteiger partial charge < -0.3 is 22.9 Å². The molecule has 0 saturated carbocycles. The first kappa shape index (κ1) is 13.8. The normalized spacial score (nSPS) is 16.8. The predicted octanol–water partition coefficient (Wildman–Crippen LogP) is 3.76. The van der Waals surface area contributed by atoms with Gasteiger partial charge in [0.2, 0.25) is 6.69 Å². The topological polar surface area (TPSA) is 0 Å². The Morgan fingerprint density at radius 1 is 1.25 bits per heavy atom. The zero-order valence-corrected chi connectivity index (χ0v) is 12.4. The molecule has 0 amide bonds. The van der Waals surface area contributed by atoms with Crippen molar-refractivity contribution in [1.82, 2.24) is 0 Å². The molecular formula is C5H13BCl4SSi. The van der Waals surface area contributed by atoms with Crippen LogP contribution in [0.1, 0.15) is 6.92 Å². The minimum Gasteiger partial charge on any atom is -0.305 e. The Labute approximate surface area is 97.7 Å². The van der Waals surface area contributed by atoms with Gasteiger partial charge in [0.1, 0.15) is 0 Å². The van der Waals surface area contributed by atoms with Crippen molar-refractivity contribution in [2.24, 2.45) is 0 Å². The SMILES string of the molecule is CC([B-](Cl)(Cl)[S+](C)C)[Si](C)(Cl)Cl. The van der Waals surface area contributed by atoms with Crippen molar-refractivity contribution in [3.05, 3.63) is 0 Å². The summed E-state index contributed by atoms with van der Waals surface area (Å²) < 4.78 is -1.45. The lowest BCUT2D eigenvalue weighted by molar-refractivity contribution is 1.30. The molecule has 0 fully saturated rings. The van der Waals surface area contributed by atoms with Crippen LogP contribution in [0.15, 0.2) is 0 Å². The third-order valence-electron chi connectivity index (χ3n) is 2.01. The molecule has 0 bridgehead atoms. The van der Waals surface area contributed by atoms with Crippen molar-refractivity contribution >= 4 is 66.8 Å². The minimum atomic E-state index is -2.24. The molecule has 0 aromatic carbocycles. The molecule has 0 radical (unpaired) electrons. The summed E-state index contributed by atoms with van der Waals surface area (Å²) in [6.07, 6.45) is 4.04. The molecule has 1 atom stereocenters. The highest BCUT2D eigenvalue weighted by atomic mass is 35.7. The fourth-order valence-corrected chi connectivity index (χ4v) is 7.75. The smallest absolute Gasteiger partial charge is 0.305 e. The van der Waals surface area contributed by atoms with Crippen molar-refractivity contribution in [2.45, 2.75) is 18.9 Å². The molecule has 0 aliphatic rings. The average Bonchev–Trinajstić information content (AvgIpc) is 1.83. The molecule has 0 rings (SSSR count). The van der Waals surface area contributed by atoms with Crippen LogP contribution in [0, 0.1) is 0 Å². The molecule has 74 valence electrons. The third-order valence-corrected chi connectivity index (χ3v) is 11.4. The lowest BCUT2D eigenvalue weighted by Crippen LogP contribution is -2.44. The molecule has 0 aromatic rings. The Kier molecular flexibility index (Phi) is 5.22. The van der Waals surface area contributed by atoms with E-state index in [1.807, 2.05) is 26.0 Å². The van der Waals surface area contributed by atoms with Gasteiger partial charge in [-0.3, -0.25) is 0 Å². The molecule has 0 spiro atoms. The molecule has 12 heavy (non-hydrogen) atoms. The van der Waals surface area contributed by atoms with Crippen molar-refractivity contribution in [3.8, 4) is 0 Å². The Morgan fingerprint density at radius 2 is 1.58 bits per heavy atom. The van der Waals surface area contributed by atoms with Gasteiger partial charge in [-0.05, 0) is 6.55 Å². The van der Waals surface area contributed by atoms with E-state index in [0.29, 0.717) is 0 Å². The number of halogens is 4. The summed E-state index contributed by atoms with van der Waals surface area (Å²) in [5, 5.41) is 0. The predicted molar refractivity (Wildman–Crippen MR) is 69.4 cm³/mol. The lowest BCUT2D eigenvalue weighted by atomic mass is 10.0. The first-order valence-electron chi connectivity index (χ1n) is 3.57. The van der Waals surface area contributed by atoms with E-state index in [9.17, 15) is 0 Å². The standard InChI is InChI=1S/C5H13BCl4SSi/c1-5(12(4,9)10)6(7,8)11(2)3/h5H,1-4H3. The first-order valence-corrected chi connectivity index (χ1v) is 11.1. The molecule has 0 aromatic heterocycles. The van der Waals surface area contributed by atoms with Crippen LogP contribution < -0.4 is 0 Å². The monoisotopic (exact) mass is 284 g/mol. The second-order valence-electron chi connectivity index (χ2n) is 3.27. The number of rotatable bonds is 3. The van der Waals surface area contributed by atoms with Crippen LogP contribution in [-0.2, 0) is 10.7 Å². The number of hydrogen-bond acceptors (Lipinski definition) is 0. The first-order chi connectivity index (χ1) is 5.10. The summed E-state index contributed by atoms with van der Waals surface area (Å²) >= 11 is 24.6.